The molecule has 14 heavy (non-hydrogen) atoms. The highest BCUT2D eigenvalue weighted by atomic mass is 16.1. The van der Waals surface area contributed by atoms with Crippen LogP contribution in [0.4, 0.5) is 0 Å². The van der Waals surface area contributed by atoms with Gasteiger partial charge in [0.15, 0.2) is 0 Å². The predicted octanol–water partition coefficient (Wildman–Crippen LogP) is 0.796. The lowest BCUT2D eigenvalue weighted by Crippen LogP contribution is -2.68. The molecular weight excluding hydrogens is 176 g/mol. The second-order valence-electron chi connectivity index (χ2n) is 5.47. The Morgan fingerprint density at radius 1 is 1.29 bits per heavy atom. The molecule has 2 saturated carbocycles. The van der Waals surface area contributed by atoms with Gasteiger partial charge in [-0.3, -0.25) is 4.79 Å². The van der Waals surface area contributed by atoms with E-state index in [1.807, 2.05) is 0 Å². The largest absolute Gasteiger partial charge is 0.351 e. The van der Waals surface area contributed by atoms with Gasteiger partial charge in [0.05, 0.1) is 0 Å². The predicted molar refractivity (Wildman–Crippen MR) is 53.8 cm³/mol. The number of carbonyl (C=O) groups is 1. The van der Waals surface area contributed by atoms with Crippen molar-refractivity contribution < 1.29 is 4.79 Å². The Hall–Kier alpha value is -0.570. The first kappa shape index (κ1) is 8.72. The fourth-order valence-electron chi connectivity index (χ4n) is 4.09. The third-order valence-electron chi connectivity index (χ3n) is 4.10. The Bertz CT molecular complexity index is 239. The molecule has 0 radical (unpaired) electrons. The van der Waals surface area contributed by atoms with Gasteiger partial charge in [0.2, 0.25) is 5.91 Å². The van der Waals surface area contributed by atoms with Gasteiger partial charge >= 0.3 is 0 Å². The molecular formula is C11H18N2O. The zero-order valence-electron chi connectivity index (χ0n) is 8.68. The molecule has 78 valence electrons. The van der Waals surface area contributed by atoms with E-state index in [0.717, 1.165) is 18.8 Å². The highest BCUT2D eigenvalue weighted by Gasteiger charge is 2.51. The van der Waals surface area contributed by atoms with Crippen LogP contribution < -0.4 is 10.6 Å². The van der Waals surface area contributed by atoms with E-state index < -0.39 is 0 Å². The Morgan fingerprint density at radius 3 is 2.43 bits per heavy atom. The van der Waals surface area contributed by atoms with E-state index in [1.165, 1.54) is 19.3 Å². The van der Waals surface area contributed by atoms with E-state index >= 15 is 0 Å². The van der Waals surface area contributed by atoms with Crippen LogP contribution in [-0.2, 0) is 4.79 Å². The molecule has 2 N–H and O–H groups in total. The fourth-order valence-corrected chi connectivity index (χ4v) is 4.09. The fraction of sp³-hybridized carbons (Fsp3) is 0.909. The Labute approximate surface area is 84.6 Å². The van der Waals surface area contributed by atoms with Gasteiger partial charge in [0.25, 0.3) is 0 Å². The normalized spacial score (nSPS) is 49.4. The molecule has 2 aliphatic carbocycles. The molecule has 4 bridgehead atoms. The molecule has 2 heterocycles. The summed E-state index contributed by atoms with van der Waals surface area (Å²) in [6, 6.07) is 1.35. The monoisotopic (exact) mass is 194 g/mol. The molecule has 4 aliphatic rings. The molecule has 1 amide bonds. The third kappa shape index (κ3) is 1.26. The lowest BCUT2D eigenvalue weighted by molar-refractivity contribution is -0.123. The summed E-state index contributed by atoms with van der Waals surface area (Å²) in [7, 11) is 0. The molecule has 4 rings (SSSR count). The van der Waals surface area contributed by atoms with E-state index in [9.17, 15) is 4.79 Å². The standard InChI is InChI=1S/C11H18N2O/c1-7(14)13-11-4-8-2-9(5-11)12-10(3-8)6-11/h8-10,12H,2-6H2,1H3,(H,13,14). The molecule has 3 heteroatoms. The second kappa shape index (κ2) is 2.72. The average Bonchev–Trinajstić information content (AvgIpc) is 1.96. The van der Waals surface area contributed by atoms with Crippen LogP contribution in [-0.4, -0.2) is 23.5 Å². The Kier molecular flexibility index (Phi) is 1.69. The number of hydrogen-bond donors (Lipinski definition) is 2. The number of carbonyl (C=O) groups excluding carboxylic acids is 1. The molecule has 0 aromatic carbocycles. The van der Waals surface area contributed by atoms with Gasteiger partial charge in [-0.1, -0.05) is 0 Å². The summed E-state index contributed by atoms with van der Waals surface area (Å²) in [6.07, 6.45) is 6.19. The van der Waals surface area contributed by atoms with Gasteiger partial charge in [-0.15, -0.1) is 0 Å². The van der Waals surface area contributed by atoms with Crippen LogP contribution in [0.15, 0.2) is 0 Å². The SMILES string of the molecule is CC(=O)NC12CC3CC(C1)NC(C3)C2. The van der Waals surface area contributed by atoms with E-state index in [2.05, 4.69) is 10.6 Å². The molecule has 2 saturated heterocycles. The highest BCUT2D eigenvalue weighted by Crippen LogP contribution is 2.47. The van der Waals surface area contributed by atoms with Crippen molar-refractivity contribution in [3.8, 4) is 0 Å². The zero-order chi connectivity index (χ0) is 9.76. The average molecular weight is 194 g/mol. The molecule has 0 spiro atoms. The summed E-state index contributed by atoms with van der Waals surface area (Å²) in [5.74, 6) is 1.01. The Morgan fingerprint density at radius 2 is 1.93 bits per heavy atom. The van der Waals surface area contributed by atoms with Gasteiger partial charge in [0, 0.05) is 24.5 Å². The van der Waals surface area contributed by atoms with Crippen LogP contribution in [0, 0.1) is 5.92 Å². The van der Waals surface area contributed by atoms with Crippen LogP contribution in [0.1, 0.15) is 39.0 Å². The number of piperidine rings is 2. The lowest BCUT2D eigenvalue weighted by Gasteiger charge is -2.57. The summed E-state index contributed by atoms with van der Waals surface area (Å²) in [5, 5.41) is 6.87. The molecule has 2 atom stereocenters. The van der Waals surface area contributed by atoms with E-state index in [4.69, 9.17) is 0 Å². The number of rotatable bonds is 1. The van der Waals surface area contributed by atoms with Crippen molar-refractivity contribution in [3.05, 3.63) is 0 Å². The Balaban J connectivity index is 1.83. The highest BCUT2D eigenvalue weighted by molar-refractivity contribution is 5.74. The maximum atomic E-state index is 11.2. The van der Waals surface area contributed by atoms with Crippen molar-refractivity contribution in [2.24, 2.45) is 5.92 Å². The van der Waals surface area contributed by atoms with Crippen molar-refractivity contribution in [1.82, 2.24) is 10.6 Å². The summed E-state index contributed by atoms with van der Waals surface area (Å²) in [6.45, 7) is 1.64. The zero-order valence-corrected chi connectivity index (χ0v) is 8.68. The van der Waals surface area contributed by atoms with Crippen molar-refractivity contribution in [2.75, 3.05) is 0 Å². The number of amides is 1. The van der Waals surface area contributed by atoms with Crippen molar-refractivity contribution >= 4 is 5.91 Å². The number of nitrogens with one attached hydrogen (secondary N) is 2. The van der Waals surface area contributed by atoms with Crippen LogP contribution in [0.25, 0.3) is 0 Å². The van der Waals surface area contributed by atoms with Crippen molar-refractivity contribution in [1.29, 1.82) is 0 Å². The third-order valence-corrected chi connectivity index (χ3v) is 4.10. The molecule has 0 aromatic heterocycles. The molecule has 4 fully saturated rings. The van der Waals surface area contributed by atoms with Crippen LogP contribution in [0.3, 0.4) is 0 Å². The van der Waals surface area contributed by atoms with E-state index in [-0.39, 0.29) is 11.4 Å². The smallest absolute Gasteiger partial charge is 0.217 e. The van der Waals surface area contributed by atoms with Gasteiger partial charge in [-0.05, 0) is 38.0 Å². The van der Waals surface area contributed by atoms with Gasteiger partial charge in [0.1, 0.15) is 0 Å². The molecule has 3 nitrogen and oxygen atoms in total. The minimum absolute atomic E-state index is 0.145. The minimum Gasteiger partial charge on any atom is -0.351 e. The molecule has 2 aliphatic heterocycles. The summed E-state index contributed by atoms with van der Waals surface area (Å²) in [5.41, 5.74) is 0.160. The van der Waals surface area contributed by atoms with Gasteiger partial charge in [-0.25, -0.2) is 0 Å². The topological polar surface area (TPSA) is 41.1 Å². The number of hydrogen-bond acceptors (Lipinski definition) is 2. The second-order valence-corrected chi connectivity index (χ2v) is 5.47. The maximum Gasteiger partial charge on any atom is 0.217 e. The van der Waals surface area contributed by atoms with Crippen LogP contribution in [0.5, 0.6) is 0 Å². The summed E-state index contributed by atoms with van der Waals surface area (Å²) in [4.78, 5) is 11.2. The van der Waals surface area contributed by atoms with Crippen molar-refractivity contribution in [3.63, 3.8) is 0 Å². The maximum absolute atomic E-state index is 11.2. The minimum atomic E-state index is 0.145. The molecule has 2 unspecified atom stereocenters. The quantitative estimate of drug-likeness (QED) is 0.648. The van der Waals surface area contributed by atoms with E-state index in [1.54, 1.807) is 6.92 Å². The summed E-state index contributed by atoms with van der Waals surface area (Å²) < 4.78 is 0. The summed E-state index contributed by atoms with van der Waals surface area (Å²) >= 11 is 0. The van der Waals surface area contributed by atoms with Crippen LogP contribution in [0.2, 0.25) is 0 Å². The molecule has 0 aromatic rings. The van der Waals surface area contributed by atoms with Crippen LogP contribution >= 0.6 is 0 Å². The lowest BCUT2D eigenvalue weighted by atomic mass is 9.60. The van der Waals surface area contributed by atoms with E-state index in [0.29, 0.717) is 12.1 Å². The van der Waals surface area contributed by atoms with Gasteiger partial charge < -0.3 is 10.6 Å². The van der Waals surface area contributed by atoms with Gasteiger partial charge in [-0.2, -0.15) is 0 Å². The first-order chi connectivity index (χ1) is 6.65. The van der Waals surface area contributed by atoms with Crippen molar-refractivity contribution in [2.45, 2.75) is 56.7 Å². The first-order valence-electron chi connectivity index (χ1n) is 5.70. The first-order valence-corrected chi connectivity index (χ1v) is 5.70.